The monoisotopic (exact) mass is 1290 g/mol. The molecule has 0 saturated carbocycles. The lowest BCUT2D eigenvalue weighted by Crippen LogP contribution is -2.30. The molecule has 0 bridgehead atoms. The number of unbranched alkanes of at least 4 members (excludes halogenated alkanes) is 20. The third-order valence-electron chi connectivity index (χ3n) is 13.6. The van der Waals surface area contributed by atoms with Gasteiger partial charge in [-0.1, -0.05) is 232 Å². The number of phosphoric ester groups is 2. The third-order valence-corrected chi connectivity index (χ3v) is 15.5. The Morgan fingerprint density at radius 1 is 0.326 bits per heavy atom. The van der Waals surface area contributed by atoms with Crippen LogP contribution in [0.2, 0.25) is 0 Å². The number of carbonyl (C=O) groups excluding carboxylic acids is 3. The van der Waals surface area contributed by atoms with Crippen LogP contribution in [0.4, 0.5) is 0 Å². The van der Waals surface area contributed by atoms with Crippen molar-refractivity contribution in [3.63, 3.8) is 0 Å². The van der Waals surface area contributed by atoms with Crippen molar-refractivity contribution in [1.29, 1.82) is 0 Å². The van der Waals surface area contributed by atoms with Gasteiger partial charge in [0.25, 0.3) is 0 Å². The highest BCUT2D eigenvalue weighted by molar-refractivity contribution is 7.47. The van der Waals surface area contributed by atoms with Crippen molar-refractivity contribution in [3.8, 4) is 0 Å². The highest BCUT2D eigenvalue weighted by atomic mass is 31.2. The average Bonchev–Trinajstić information content (AvgIpc) is 3.70. The summed E-state index contributed by atoms with van der Waals surface area (Å²) >= 11 is 0. The molecule has 0 heterocycles. The molecular weight excluding hydrogens is 1170 g/mol. The van der Waals surface area contributed by atoms with Crippen molar-refractivity contribution in [2.75, 3.05) is 39.6 Å². The van der Waals surface area contributed by atoms with Crippen LogP contribution in [0.25, 0.3) is 0 Å². The first-order valence-electron chi connectivity index (χ1n) is 33.8. The van der Waals surface area contributed by atoms with Gasteiger partial charge in [0.2, 0.25) is 0 Å². The largest absolute Gasteiger partial charge is 0.472 e. The molecule has 0 amide bonds. The number of rotatable bonds is 63. The van der Waals surface area contributed by atoms with E-state index in [0.717, 1.165) is 167 Å². The van der Waals surface area contributed by atoms with E-state index >= 15 is 0 Å². The fourth-order valence-electron chi connectivity index (χ4n) is 8.53. The lowest BCUT2D eigenvalue weighted by molar-refractivity contribution is -0.161. The summed E-state index contributed by atoms with van der Waals surface area (Å²) in [5, 5.41) is 20.5. The number of ether oxygens (including phenoxy) is 3. The summed E-state index contributed by atoms with van der Waals surface area (Å²) in [7, 11) is -9.79. The Labute approximate surface area is 538 Å². The normalized spacial score (nSPS) is 15.0. The van der Waals surface area contributed by atoms with E-state index in [-0.39, 0.29) is 19.3 Å². The number of phosphoric acid groups is 2. The highest BCUT2D eigenvalue weighted by Crippen LogP contribution is 2.45. The summed E-state index contributed by atoms with van der Waals surface area (Å²) in [5.74, 6) is -1.62. The minimum absolute atomic E-state index is 0.0819. The van der Waals surface area contributed by atoms with Crippen molar-refractivity contribution in [2.45, 2.75) is 270 Å². The maximum Gasteiger partial charge on any atom is 0.472 e. The van der Waals surface area contributed by atoms with Gasteiger partial charge >= 0.3 is 33.6 Å². The van der Waals surface area contributed by atoms with Crippen LogP contribution in [-0.4, -0.2) is 95.9 Å². The second-order valence-corrected chi connectivity index (χ2v) is 25.1. The van der Waals surface area contributed by atoms with E-state index in [1.807, 2.05) is 0 Å². The summed E-state index contributed by atoms with van der Waals surface area (Å²) in [6, 6.07) is 0. The van der Waals surface area contributed by atoms with E-state index in [4.69, 9.17) is 32.3 Å². The molecule has 0 fully saturated rings. The van der Waals surface area contributed by atoms with Crippen LogP contribution in [0.15, 0.2) is 122 Å². The number of carbonyl (C=O) groups is 3. The molecule has 0 aromatic carbocycles. The molecule has 0 aliphatic heterocycles. The molecule has 5 atom stereocenters. The van der Waals surface area contributed by atoms with Crippen LogP contribution in [0.5, 0.6) is 0 Å². The van der Waals surface area contributed by atoms with E-state index in [1.54, 1.807) is 0 Å². The molecule has 4 N–H and O–H groups in total. The quantitative estimate of drug-likeness (QED) is 0.0146. The Kier molecular flexibility index (Phi) is 61.2. The van der Waals surface area contributed by atoms with E-state index < -0.39 is 91.5 Å². The van der Waals surface area contributed by atoms with Gasteiger partial charge in [-0.3, -0.25) is 32.5 Å². The van der Waals surface area contributed by atoms with Crippen LogP contribution < -0.4 is 0 Å². The van der Waals surface area contributed by atoms with E-state index in [1.165, 1.54) is 25.7 Å². The number of aliphatic hydroxyl groups excluding tert-OH is 2. The smallest absolute Gasteiger partial charge is 0.463 e. The van der Waals surface area contributed by atoms with Crippen LogP contribution >= 0.6 is 15.6 Å². The summed E-state index contributed by atoms with van der Waals surface area (Å²) in [4.78, 5) is 58.3. The van der Waals surface area contributed by atoms with Gasteiger partial charge in [0, 0.05) is 19.3 Å². The molecule has 0 aliphatic rings. The Bertz CT molecular complexity index is 2110. The fraction of sp³-hybridized carbons (Fsp3) is 0.676. The van der Waals surface area contributed by atoms with Gasteiger partial charge in [-0.25, -0.2) is 9.13 Å². The van der Waals surface area contributed by atoms with Gasteiger partial charge < -0.3 is 34.2 Å². The molecule has 0 spiro atoms. The zero-order valence-corrected chi connectivity index (χ0v) is 56.8. The lowest BCUT2D eigenvalue weighted by Gasteiger charge is -2.21. The number of hydrogen-bond acceptors (Lipinski definition) is 14. The molecule has 0 aromatic heterocycles. The first-order chi connectivity index (χ1) is 43.2. The van der Waals surface area contributed by atoms with Crippen molar-refractivity contribution >= 4 is 33.6 Å². The summed E-state index contributed by atoms with van der Waals surface area (Å²) in [6.45, 7) is 2.31. The molecule has 510 valence electrons. The SMILES string of the molecule is CC/C=C\C/C=C\C/C=C\C/C=C\C/C=C\CCCCCCCCCCCC(=O)OCC(O)COP(=O)(O)OCC(O)COP(=O)(O)OCC(COC(=O)CCCCCCC/C=C\C/C=C\C/C=C\CC)OC(=O)CCCCCCC/C=C\C/C=C\CCC. The zero-order chi connectivity index (χ0) is 65.3. The van der Waals surface area contributed by atoms with Crippen molar-refractivity contribution in [1.82, 2.24) is 0 Å². The van der Waals surface area contributed by atoms with Gasteiger partial charge in [-0.2, -0.15) is 0 Å². The van der Waals surface area contributed by atoms with Crippen LogP contribution in [-0.2, 0) is 55.8 Å². The molecule has 5 unspecified atom stereocenters. The fourth-order valence-corrected chi connectivity index (χ4v) is 10.1. The Morgan fingerprint density at radius 2 is 0.596 bits per heavy atom. The first kappa shape index (κ1) is 85.0. The maximum absolute atomic E-state index is 12.9. The second kappa shape index (κ2) is 64.1. The Morgan fingerprint density at radius 3 is 0.944 bits per heavy atom. The summed E-state index contributed by atoms with van der Waals surface area (Å²) < 4.78 is 60.8. The summed E-state index contributed by atoms with van der Waals surface area (Å²) in [5.41, 5.74) is 0. The predicted octanol–water partition coefficient (Wildman–Crippen LogP) is 18.6. The van der Waals surface area contributed by atoms with Gasteiger partial charge in [0.15, 0.2) is 6.10 Å². The molecule has 16 nitrogen and oxygen atoms in total. The predicted molar refractivity (Wildman–Crippen MR) is 362 cm³/mol. The van der Waals surface area contributed by atoms with Crippen LogP contribution in [0, 0.1) is 0 Å². The Balaban J connectivity index is 4.56. The molecule has 0 aromatic rings. The molecule has 0 saturated heterocycles. The van der Waals surface area contributed by atoms with Crippen molar-refractivity contribution in [3.05, 3.63) is 122 Å². The third kappa shape index (κ3) is 65.3. The van der Waals surface area contributed by atoms with Gasteiger partial charge in [-0.05, 0) is 122 Å². The van der Waals surface area contributed by atoms with Crippen LogP contribution in [0.1, 0.15) is 252 Å². The molecule has 0 aliphatic carbocycles. The molecular formula is C71H120O16P2. The van der Waals surface area contributed by atoms with Crippen molar-refractivity contribution in [2.24, 2.45) is 0 Å². The van der Waals surface area contributed by atoms with Gasteiger partial charge in [-0.15, -0.1) is 0 Å². The van der Waals surface area contributed by atoms with E-state index in [9.17, 15) is 43.5 Å². The second-order valence-electron chi connectivity index (χ2n) is 22.2. The lowest BCUT2D eigenvalue weighted by atomic mass is 10.1. The molecule has 0 rings (SSSR count). The number of allylic oxidation sites excluding steroid dienone is 20. The number of aliphatic hydroxyl groups is 2. The zero-order valence-electron chi connectivity index (χ0n) is 55.1. The van der Waals surface area contributed by atoms with E-state index in [0.29, 0.717) is 19.3 Å². The molecule has 89 heavy (non-hydrogen) atoms. The standard InChI is InChI=1S/C71H120O16P2/c1-4-7-10-13-16-19-22-25-27-28-29-30-31-32-33-34-35-36-38-41-42-45-48-51-54-57-69(74)81-60-66(72)61-83-88(77,78)84-62-67(73)63-85-89(79,80)86-65-68(87-71(76)59-56-53-50-47-44-39-24-21-18-15-12-9-6-3)64-82-70(75)58-55-52-49-46-43-40-37-26-23-20-17-14-11-8-5-2/h7-8,10-12,15-17,19-21,24-27,29-30,32-33,37,66-68,72-73H,4-6,9,13-14,18,22-23,28,31,34-36,38-65H2,1-3H3,(H,77,78)(H,79,80)/b10-7-,11-8-,15-12-,19-16-,20-17-,24-21-,27-25-,30-29-,33-32-,37-26-. The highest BCUT2D eigenvalue weighted by Gasteiger charge is 2.29. The number of esters is 3. The Hall–Kier alpha value is -4.05. The maximum atomic E-state index is 12.9. The van der Waals surface area contributed by atoms with E-state index in [2.05, 4.69) is 142 Å². The minimum Gasteiger partial charge on any atom is -0.463 e. The molecule has 18 heteroatoms. The van der Waals surface area contributed by atoms with Crippen molar-refractivity contribution < 1.29 is 75.8 Å². The summed E-state index contributed by atoms with van der Waals surface area (Å²) in [6.07, 6.45) is 72.6. The first-order valence-corrected chi connectivity index (χ1v) is 36.8. The molecule has 0 radical (unpaired) electrons. The van der Waals surface area contributed by atoms with Gasteiger partial charge in [0.05, 0.1) is 26.4 Å². The minimum atomic E-state index is -4.93. The number of hydrogen-bond donors (Lipinski definition) is 4. The van der Waals surface area contributed by atoms with Gasteiger partial charge in [0.1, 0.15) is 25.4 Å². The van der Waals surface area contributed by atoms with Crippen LogP contribution in [0.3, 0.4) is 0 Å². The average molecular weight is 1290 g/mol. The topological polar surface area (TPSA) is 231 Å².